The molecule has 1 atom stereocenters. The van der Waals surface area contributed by atoms with Gasteiger partial charge in [0, 0.05) is 11.9 Å². The Labute approximate surface area is 118 Å². The minimum Gasteiger partial charge on any atom is -0.376 e. The van der Waals surface area contributed by atoms with Gasteiger partial charge in [-0.3, -0.25) is 4.98 Å². The summed E-state index contributed by atoms with van der Waals surface area (Å²) in [5, 5.41) is 3.95. The lowest BCUT2D eigenvalue weighted by Crippen LogP contribution is -2.40. The first kappa shape index (κ1) is 14.6. The van der Waals surface area contributed by atoms with Crippen LogP contribution in [-0.2, 0) is 10.3 Å². The number of rotatable bonds is 5. The highest BCUT2D eigenvalue weighted by Gasteiger charge is 2.28. The van der Waals surface area contributed by atoms with Crippen molar-refractivity contribution in [3.63, 3.8) is 0 Å². The molecule has 1 unspecified atom stereocenters. The Morgan fingerprint density at radius 3 is 2.75 bits per heavy atom. The van der Waals surface area contributed by atoms with Gasteiger partial charge >= 0.3 is 0 Å². The van der Waals surface area contributed by atoms with Gasteiger partial charge in [0.2, 0.25) is 0 Å². The molecule has 0 bridgehead atoms. The van der Waals surface area contributed by atoms with Crippen molar-refractivity contribution in [2.75, 3.05) is 6.61 Å². The van der Waals surface area contributed by atoms with Crippen LogP contribution in [0.3, 0.4) is 0 Å². The zero-order chi connectivity index (χ0) is 14.8. The number of hydrogen-bond donors (Lipinski definition) is 1. The minimum absolute atomic E-state index is 0.102. The average Bonchev–Trinajstić information content (AvgIpc) is 2.88. The quantitative estimate of drug-likeness (QED) is 0.899. The van der Waals surface area contributed by atoms with Crippen LogP contribution >= 0.6 is 0 Å². The van der Waals surface area contributed by atoms with Gasteiger partial charge in [-0.25, -0.2) is 0 Å². The van der Waals surface area contributed by atoms with Crippen LogP contribution in [0.4, 0.5) is 0 Å². The molecule has 6 heteroatoms. The maximum absolute atomic E-state index is 6.18. The molecule has 0 radical (unpaired) electrons. The van der Waals surface area contributed by atoms with E-state index in [0.717, 1.165) is 11.3 Å². The van der Waals surface area contributed by atoms with Crippen LogP contribution < -0.4 is 5.73 Å². The predicted octanol–water partition coefficient (Wildman–Crippen LogP) is 2.04. The second-order valence-electron chi connectivity index (χ2n) is 5.39. The first-order valence-corrected chi connectivity index (χ1v) is 6.56. The van der Waals surface area contributed by atoms with Crippen molar-refractivity contribution < 1.29 is 9.26 Å². The second-order valence-corrected chi connectivity index (χ2v) is 5.39. The zero-order valence-corrected chi connectivity index (χ0v) is 12.3. The SMILES string of the molecule is Cc1ccc(-c2nc(C(C)(N)COC(C)C)no2)cn1. The molecule has 108 valence electrons. The molecule has 0 saturated heterocycles. The van der Waals surface area contributed by atoms with Crippen molar-refractivity contribution >= 4 is 0 Å². The summed E-state index contributed by atoms with van der Waals surface area (Å²) in [6.45, 7) is 7.97. The third-order valence-electron chi connectivity index (χ3n) is 2.81. The van der Waals surface area contributed by atoms with E-state index in [1.165, 1.54) is 0 Å². The molecule has 0 amide bonds. The van der Waals surface area contributed by atoms with Crippen molar-refractivity contribution in [2.24, 2.45) is 5.73 Å². The van der Waals surface area contributed by atoms with Gasteiger partial charge in [-0.2, -0.15) is 4.98 Å². The third-order valence-corrected chi connectivity index (χ3v) is 2.81. The molecule has 6 nitrogen and oxygen atoms in total. The first-order valence-electron chi connectivity index (χ1n) is 6.56. The Kier molecular flexibility index (Phi) is 4.15. The van der Waals surface area contributed by atoms with Crippen molar-refractivity contribution in [2.45, 2.75) is 39.3 Å². The molecule has 2 N–H and O–H groups in total. The minimum atomic E-state index is -0.788. The monoisotopic (exact) mass is 276 g/mol. The number of aryl methyl sites for hydroxylation is 1. The topological polar surface area (TPSA) is 87.1 Å². The van der Waals surface area contributed by atoms with Crippen molar-refractivity contribution in [3.05, 3.63) is 29.8 Å². The molecule has 0 aromatic carbocycles. The van der Waals surface area contributed by atoms with E-state index in [-0.39, 0.29) is 6.10 Å². The maximum atomic E-state index is 6.18. The number of nitrogens with zero attached hydrogens (tertiary/aromatic N) is 3. The van der Waals surface area contributed by atoms with E-state index in [1.807, 2.05) is 39.8 Å². The number of aromatic nitrogens is 3. The molecule has 2 aromatic heterocycles. The van der Waals surface area contributed by atoms with E-state index in [0.29, 0.717) is 18.3 Å². The molecule has 2 heterocycles. The average molecular weight is 276 g/mol. The molecule has 0 aliphatic heterocycles. The van der Waals surface area contributed by atoms with Gasteiger partial charge in [0.25, 0.3) is 5.89 Å². The third kappa shape index (κ3) is 3.40. The van der Waals surface area contributed by atoms with Gasteiger partial charge in [0.1, 0.15) is 5.54 Å². The summed E-state index contributed by atoms with van der Waals surface area (Å²) in [6, 6.07) is 3.78. The molecule has 0 aliphatic rings. The Morgan fingerprint density at radius 2 is 2.15 bits per heavy atom. The highest BCUT2D eigenvalue weighted by molar-refractivity contribution is 5.51. The molecule has 0 aliphatic carbocycles. The van der Waals surface area contributed by atoms with Crippen molar-refractivity contribution in [3.8, 4) is 11.5 Å². The van der Waals surface area contributed by atoms with Crippen molar-refractivity contribution in [1.29, 1.82) is 0 Å². The molecule has 0 spiro atoms. The van der Waals surface area contributed by atoms with E-state index >= 15 is 0 Å². The van der Waals surface area contributed by atoms with E-state index in [4.69, 9.17) is 15.0 Å². The van der Waals surface area contributed by atoms with E-state index in [9.17, 15) is 0 Å². The molecule has 20 heavy (non-hydrogen) atoms. The fourth-order valence-electron chi connectivity index (χ4n) is 1.57. The number of nitrogens with two attached hydrogens (primary N) is 1. The summed E-state index contributed by atoms with van der Waals surface area (Å²) in [7, 11) is 0. The van der Waals surface area contributed by atoms with Crippen LogP contribution in [0.15, 0.2) is 22.9 Å². The zero-order valence-electron chi connectivity index (χ0n) is 12.3. The largest absolute Gasteiger partial charge is 0.376 e. The van der Waals surface area contributed by atoms with Gasteiger partial charge in [-0.15, -0.1) is 0 Å². The Bertz CT molecular complexity index is 561. The molecular weight excluding hydrogens is 256 g/mol. The van der Waals surface area contributed by atoms with Crippen LogP contribution in [0.5, 0.6) is 0 Å². The van der Waals surface area contributed by atoms with Crippen LogP contribution in [0, 0.1) is 6.92 Å². The summed E-state index contributed by atoms with van der Waals surface area (Å²) in [6.07, 6.45) is 1.80. The number of ether oxygens (including phenoxy) is 1. The smallest absolute Gasteiger partial charge is 0.259 e. The number of hydrogen-bond acceptors (Lipinski definition) is 6. The molecular formula is C14H20N4O2. The summed E-state index contributed by atoms with van der Waals surface area (Å²) in [5.74, 6) is 0.836. The first-order chi connectivity index (χ1) is 9.38. The molecule has 0 saturated carbocycles. The standard InChI is InChI=1S/C14H20N4O2/c1-9(2)19-8-14(4,15)13-17-12(20-18-13)11-6-5-10(3)16-7-11/h5-7,9H,8,15H2,1-4H3. The van der Waals surface area contributed by atoms with Crippen LogP contribution in [0.25, 0.3) is 11.5 Å². The lowest BCUT2D eigenvalue weighted by atomic mass is 10.1. The van der Waals surface area contributed by atoms with Gasteiger partial charge in [-0.05, 0) is 39.8 Å². The molecule has 2 rings (SSSR count). The summed E-state index contributed by atoms with van der Waals surface area (Å²) in [4.78, 5) is 8.54. The Morgan fingerprint density at radius 1 is 1.40 bits per heavy atom. The second kappa shape index (κ2) is 5.68. The van der Waals surface area contributed by atoms with Gasteiger partial charge in [0.15, 0.2) is 5.82 Å². The normalized spacial score (nSPS) is 14.5. The van der Waals surface area contributed by atoms with Gasteiger partial charge in [-0.1, -0.05) is 5.16 Å². The van der Waals surface area contributed by atoms with Crippen molar-refractivity contribution in [1.82, 2.24) is 15.1 Å². The number of pyridine rings is 1. The predicted molar refractivity (Wildman–Crippen MR) is 74.9 cm³/mol. The highest BCUT2D eigenvalue weighted by Crippen LogP contribution is 2.21. The molecule has 0 fully saturated rings. The lowest BCUT2D eigenvalue weighted by molar-refractivity contribution is 0.0410. The van der Waals surface area contributed by atoms with E-state index in [2.05, 4.69) is 15.1 Å². The highest BCUT2D eigenvalue weighted by atomic mass is 16.5. The fourth-order valence-corrected chi connectivity index (χ4v) is 1.57. The van der Waals surface area contributed by atoms with Crippen LogP contribution in [0.1, 0.15) is 32.3 Å². The Hall–Kier alpha value is -1.79. The lowest BCUT2D eigenvalue weighted by Gasteiger charge is -2.21. The van der Waals surface area contributed by atoms with Gasteiger partial charge < -0.3 is 15.0 Å². The van der Waals surface area contributed by atoms with Crippen LogP contribution in [-0.4, -0.2) is 27.8 Å². The van der Waals surface area contributed by atoms with E-state index in [1.54, 1.807) is 6.20 Å². The maximum Gasteiger partial charge on any atom is 0.259 e. The van der Waals surface area contributed by atoms with Crippen LogP contribution in [0.2, 0.25) is 0 Å². The van der Waals surface area contributed by atoms with E-state index < -0.39 is 5.54 Å². The summed E-state index contributed by atoms with van der Waals surface area (Å²) < 4.78 is 10.8. The molecule has 2 aromatic rings. The van der Waals surface area contributed by atoms with Gasteiger partial charge in [0.05, 0.1) is 18.3 Å². The summed E-state index contributed by atoms with van der Waals surface area (Å²) >= 11 is 0. The fraction of sp³-hybridized carbons (Fsp3) is 0.500. The summed E-state index contributed by atoms with van der Waals surface area (Å²) in [5.41, 5.74) is 7.09. The Balaban J connectivity index is 2.17.